The van der Waals surface area contributed by atoms with Crippen LogP contribution in [0.15, 0.2) is 61.1 Å². The molecule has 6 heteroatoms. The third kappa shape index (κ3) is 2.95. The molecule has 0 saturated carbocycles. The average Bonchev–Trinajstić information content (AvgIpc) is 2.98. The van der Waals surface area contributed by atoms with Crippen molar-refractivity contribution in [3.05, 3.63) is 76.7 Å². The molecular formula is C19H14Cl2N4. The minimum atomic E-state index is 0.689. The lowest BCUT2D eigenvalue weighted by atomic mass is 10.1. The van der Waals surface area contributed by atoms with Crippen molar-refractivity contribution in [1.82, 2.24) is 14.4 Å². The third-order valence-electron chi connectivity index (χ3n) is 4.07. The molecule has 0 unspecified atom stereocenters. The quantitative estimate of drug-likeness (QED) is 0.500. The highest BCUT2D eigenvalue weighted by molar-refractivity contribution is 6.31. The Balaban J connectivity index is 1.90. The fourth-order valence-electron chi connectivity index (χ4n) is 2.71. The molecule has 0 saturated heterocycles. The van der Waals surface area contributed by atoms with Gasteiger partial charge in [-0.1, -0.05) is 41.4 Å². The molecule has 2 aromatic carbocycles. The summed E-state index contributed by atoms with van der Waals surface area (Å²) in [5.74, 6) is 0.852. The highest BCUT2D eigenvalue weighted by atomic mass is 35.5. The predicted molar refractivity (Wildman–Crippen MR) is 103 cm³/mol. The van der Waals surface area contributed by atoms with E-state index < -0.39 is 0 Å². The van der Waals surface area contributed by atoms with E-state index >= 15 is 0 Å². The molecule has 124 valence electrons. The van der Waals surface area contributed by atoms with E-state index in [0.717, 1.165) is 34.0 Å². The van der Waals surface area contributed by atoms with Crippen LogP contribution in [-0.4, -0.2) is 14.4 Å². The molecule has 4 rings (SSSR count). The molecule has 0 aliphatic rings. The van der Waals surface area contributed by atoms with Crippen molar-refractivity contribution in [2.45, 2.75) is 6.92 Å². The normalized spacial score (nSPS) is 11.0. The van der Waals surface area contributed by atoms with Gasteiger partial charge in [-0.25, -0.2) is 4.98 Å². The van der Waals surface area contributed by atoms with Gasteiger partial charge in [0.15, 0.2) is 5.65 Å². The lowest BCUT2D eigenvalue weighted by molar-refractivity contribution is 1.13. The third-order valence-corrected chi connectivity index (χ3v) is 4.73. The first-order valence-corrected chi connectivity index (χ1v) is 8.49. The Morgan fingerprint density at radius 1 is 1.04 bits per heavy atom. The number of imidazole rings is 1. The number of nitrogens with one attached hydrogen (secondary N) is 1. The van der Waals surface area contributed by atoms with Gasteiger partial charge in [-0.05, 0) is 36.8 Å². The summed E-state index contributed by atoms with van der Waals surface area (Å²) >= 11 is 12.3. The molecule has 1 N–H and O–H groups in total. The largest absolute Gasteiger partial charge is 0.339 e. The van der Waals surface area contributed by atoms with E-state index in [4.69, 9.17) is 28.2 Å². The molecule has 0 aliphatic heterocycles. The molecule has 0 aliphatic carbocycles. The smallest absolute Gasteiger partial charge is 0.157 e. The molecule has 4 aromatic rings. The Morgan fingerprint density at radius 2 is 1.84 bits per heavy atom. The highest BCUT2D eigenvalue weighted by Crippen LogP contribution is 2.33. The minimum absolute atomic E-state index is 0.689. The van der Waals surface area contributed by atoms with Crippen LogP contribution in [0.1, 0.15) is 5.56 Å². The van der Waals surface area contributed by atoms with E-state index in [1.165, 1.54) is 0 Å². The average molecular weight is 369 g/mol. The van der Waals surface area contributed by atoms with Crippen LogP contribution in [0.5, 0.6) is 0 Å². The fraction of sp³-hybridized carbons (Fsp3) is 0.0526. The van der Waals surface area contributed by atoms with Crippen molar-refractivity contribution in [3.8, 4) is 11.3 Å². The van der Waals surface area contributed by atoms with Crippen LogP contribution < -0.4 is 5.32 Å². The topological polar surface area (TPSA) is 42.2 Å². The van der Waals surface area contributed by atoms with Crippen LogP contribution >= 0.6 is 23.2 Å². The van der Waals surface area contributed by atoms with Crippen LogP contribution in [0.2, 0.25) is 10.0 Å². The van der Waals surface area contributed by atoms with Gasteiger partial charge in [-0.3, -0.25) is 9.38 Å². The van der Waals surface area contributed by atoms with Gasteiger partial charge in [-0.15, -0.1) is 0 Å². The van der Waals surface area contributed by atoms with Crippen molar-refractivity contribution in [2.75, 3.05) is 5.32 Å². The first kappa shape index (κ1) is 15.9. The summed E-state index contributed by atoms with van der Waals surface area (Å²) in [6.07, 6.45) is 5.34. The molecule has 4 nitrogen and oxygen atoms in total. The Labute approximate surface area is 155 Å². The fourth-order valence-corrected chi connectivity index (χ4v) is 3.01. The number of hydrogen-bond donors (Lipinski definition) is 1. The van der Waals surface area contributed by atoms with Crippen molar-refractivity contribution < 1.29 is 0 Å². The molecule has 0 atom stereocenters. The maximum atomic E-state index is 6.26. The zero-order chi connectivity index (χ0) is 17.4. The van der Waals surface area contributed by atoms with E-state index in [9.17, 15) is 0 Å². The Morgan fingerprint density at radius 3 is 2.64 bits per heavy atom. The number of aromatic nitrogens is 3. The van der Waals surface area contributed by atoms with Crippen molar-refractivity contribution >= 4 is 40.4 Å². The summed E-state index contributed by atoms with van der Waals surface area (Å²) in [5.41, 5.74) is 4.46. The second-order valence-corrected chi connectivity index (χ2v) is 6.50. The number of halogens is 2. The van der Waals surface area contributed by atoms with E-state index in [2.05, 4.69) is 10.3 Å². The summed E-state index contributed by atoms with van der Waals surface area (Å²) in [6, 6.07) is 13.4. The molecule has 2 heterocycles. The lowest BCUT2D eigenvalue weighted by Crippen LogP contribution is -1.99. The van der Waals surface area contributed by atoms with E-state index in [1.54, 1.807) is 12.4 Å². The number of anilines is 2. The number of fused-ring (bicyclic) bond motifs is 1. The standard InChI is InChI=1S/C19H14Cl2N4/c1-12-15(21)3-2-4-16(12)23-19-18(13-5-7-14(20)8-6-13)24-17-11-22-9-10-25(17)19/h2-11,23H,1H3. The first-order chi connectivity index (χ1) is 12.1. The number of benzene rings is 2. The summed E-state index contributed by atoms with van der Waals surface area (Å²) in [4.78, 5) is 8.88. The SMILES string of the molecule is Cc1c(Cl)cccc1Nc1c(-c2ccc(Cl)cc2)nc2cnccn12. The molecule has 0 amide bonds. The van der Waals surface area contributed by atoms with Crippen LogP contribution in [0.3, 0.4) is 0 Å². The molecule has 2 aromatic heterocycles. The second kappa shape index (κ2) is 6.39. The van der Waals surface area contributed by atoms with Crippen LogP contribution in [-0.2, 0) is 0 Å². The van der Waals surface area contributed by atoms with E-state index in [1.807, 2.05) is 60.0 Å². The van der Waals surface area contributed by atoms with Gasteiger partial charge in [0.05, 0.1) is 6.20 Å². The molecule has 0 spiro atoms. The maximum Gasteiger partial charge on any atom is 0.157 e. The zero-order valence-electron chi connectivity index (χ0n) is 13.4. The van der Waals surface area contributed by atoms with Crippen molar-refractivity contribution in [2.24, 2.45) is 0 Å². The van der Waals surface area contributed by atoms with Crippen LogP contribution in [0.4, 0.5) is 11.5 Å². The van der Waals surface area contributed by atoms with E-state index in [-0.39, 0.29) is 0 Å². The molecule has 0 radical (unpaired) electrons. The van der Waals surface area contributed by atoms with Gasteiger partial charge in [0, 0.05) is 33.7 Å². The molecular weight excluding hydrogens is 355 g/mol. The summed E-state index contributed by atoms with van der Waals surface area (Å²) < 4.78 is 1.97. The Bertz CT molecular complexity index is 1050. The number of nitrogens with zero attached hydrogens (tertiary/aromatic N) is 3. The van der Waals surface area contributed by atoms with Crippen molar-refractivity contribution in [1.29, 1.82) is 0 Å². The molecule has 25 heavy (non-hydrogen) atoms. The van der Waals surface area contributed by atoms with Gasteiger partial charge in [0.25, 0.3) is 0 Å². The van der Waals surface area contributed by atoms with Gasteiger partial charge in [0.1, 0.15) is 11.5 Å². The zero-order valence-corrected chi connectivity index (χ0v) is 14.9. The first-order valence-electron chi connectivity index (χ1n) is 7.73. The molecule has 0 bridgehead atoms. The van der Waals surface area contributed by atoms with Crippen LogP contribution in [0.25, 0.3) is 16.9 Å². The van der Waals surface area contributed by atoms with Gasteiger partial charge in [-0.2, -0.15) is 0 Å². The van der Waals surface area contributed by atoms with Crippen LogP contribution in [0, 0.1) is 6.92 Å². The van der Waals surface area contributed by atoms with Gasteiger partial charge < -0.3 is 5.32 Å². The van der Waals surface area contributed by atoms with Crippen molar-refractivity contribution in [3.63, 3.8) is 0 Å². The monoisotopic (exact) mass is 368 g/mol. The van der Waals surface area contributed by atoms with E-state index in [0.29, 0.717) is 10.0 Å². The minimum Gasteiger partial charge on any atom is -0.339 e. The summed E-state index contributed by atoms with van der Waals surface area (Å²) in [7, 11) is 0. The Hall–Kier alpha value is -2.56. The lowest BCUT2D eigenvalue weighted by Gasteiger charge is -2.12. The highest BCUT2D eigenvalue weighted by Gasteiger charge is 2.15. The summed E-state index contributed by atoms with van der Waals surface area (Å²) in [5, 5.41) is 4.88. The van der Waals surface area contributed by atoms with Gasteiger partial charge in [0.2, 0.25) is 0 Å². The molecule has 0 fully saturated rings. The van der Waals surface area contributed by atoms with Gasteiger partial charge >= 0.3 is 0 Å². The second-order valence-electron chi connectivity index (χ2n) is 5.66. The number of hydrogen-bond acceptors (Lipinski definition) is 3. The predicted octanol–water partition coefficient (Wildman–Crippen LogP) is 5.76. The maximum absolute atomic E-state index is 6.26. The number of rotatable bonds is 3. The Kier molecular flexibility index (Phi) is 4.07. The summed E-state index contributed by atoms with van der Waals surface area (Å²) in [6.45, 7) is 1.98.